The number of nitrogen functional groups attached to an aromatic ring is 1. The van der Waals surface area contributed by atoms with Crippen molar-refractivity contribution in [3.8, 4) is 0 Å². The van der Waals surface area contributed by atoms with Crippen molar-refractivity contribution in [2.24, 2.45) is 0 Å². The fraction of sp³-hybridized carbons (Fsp3) is 0.0556. The van der Waals surface area contributed by atoms with E-state index in [1.165, 1.54) is 18.2 Å². The van der Waals surface area contributed by atoms with Gasteiger partial charge in [-0.25, -0.2) is 4.39 Å². The van der Waals surface area contributed by atoms with E-state index in [0.29, 0.717) is 31.9 Å². The molecule has 4 rings (SSSR count). The highest BCUT2D eigenvalue weighted by molar-refractivity contribution is 9.10. The number of halogens is 3. The summed E-state index contributed by atoms with van der Waals surface area (Å²) >= 11 is 10.6. The Morgan fingerprint density at radius 3 is 2.86 bits per heavy atom. The van der Waals surface area contributed by atoms with Gasteiger partial charge in [0.2, 0.25) is 0 Å². The van der Waals surface area contributed by atoms with Crippen LogP contribution < -0.4 is 16.4 Å². The zero-order chi connectivity index (χ0) is 20.0. The van der Waals surface area contributed by atoms with Gasteiger partial charge < -0.3 is 16.4 Å². The first kappa shape index (κ1) is 18.9. The molecule has 1 aromatic heterocycles. The Balaban J connectivity index is 1.83. The number of hydrogen-bond acceptors (Lipinski definition) is 5. The number of amides is 2. The number of carbonyl (C=O) groups is 2. The number of nitrogens with two attached hydrogens (primary N) is 1. The zero-order valence-corrected chi connectivity index (χ0v) is 17.1. The molecule has 4 N–H and O–H groups in total. The molecule has 1 unspecified atom stereocenters. The Kier molecular flexibility index (Phi) is 4.82. The van der Waals surface area contributed by atoms with Gasteiger partial charge >= 0.3 is 0 Å². The minimum absolute atomic E-state index is 0.0938. The Labute approximate surface area is 176 Å². The second-order valence-corrected chi connectivity index (χ2v) is 8.01. The van der Waals surface area contributed by atoms with Crippen LogP contribution in [0.5, 0.6) is 0 Å². The monoisotopic (exact) mass is 480 g/mol. The van der Waals surface area contributed by atoms with Gasteiger partial charge in [-0.15, -0.1) is 0 Å². The zero-order valence-electron chi connectivity index (χ0n) is 13.9. The van der Waals surface area contributed by atoms with Gasteiger partial charge in [0, 0.05) is 37.3 Å². The van der Waals surface area contributed by atoms with Crippen molar-refractivity contribution in [3.63, 3.8) is 0 Å². The second kappa shape index (κ2) is 7.16. The van der Waals surface area contributed by atoms with Crippen molar-refractivity contribution in [2.75, 3.05) is 11.1 Å². The number of benzene rings is 2. The lowest BCUT2D eigenvalue weighted by Gasteiger charge is -2.18. The molecular formula is C18H11BrClFN4O2S. The van der Waals surface area contributed by atoms with Crippen LogP contribution in [0.3, 0.4) is 0 Å². The molecule has 2 amide bonds. The first-order valence-corrected chi connectivity index (χ1v) is 9.96. The summed E-state index contributed by atoms with van der Waals surface area (Å²) in [5.74, 6) is -1.35. The van der Waals surface area contributed by atoms with Crippen molar-refractivity contribution in [2.45, 2.75) is 6.04 Å². The summed E-state index contributed by atoms with van der Waals surface area (Å²) in [4.78, 5) is 25.1. The molecule has 142 valence electrons. The predicted octanol–water partition coefficient (Wildman–Crippen LogP) is 4.37. The molecule has 0 fully saturated rings. The molecule has 2 heterocycles. The average Bonchev–Trinajstić information content (AvgIpc) is 3.21. The predicted molar refractivity (Wildman–Crippen MR) is 109 cm³/mol. The Morgan fingerprint density at radius 2 is 2.14 bits per heavy atom. The molecule has 2 aromatic carbocycles. The molecule has 0 spiro atoms. The SMILES string of the molecule is Nc1csnc1C(=O)Nc1cc(Br)cc2c1C(c1cc(F)ccc1Cl)NC2=O. The summed E-state index contributed by atoms with van der Waals surface area (Å²) in [6.07, 6.45) is 0. The maximum Gasteiger partial charge on any atom is 0.277 e. The molecule has 28 heavy (non-hydrogen) atoms. The molecule has 1 atom stereocenters. The van der Waals surface area contributed by atoms with Crippen LogP contribution in [-0.4, -0.2) is 16.2 Å². The van der Waals surface area contributed by atoms with Gasteiger partial charge in [0.25, 0.3) is 11.8 Å². The first-order valence-electron chi connectivity index (χ1n) is 7.95. The van der Waals surface area contributed by atoms with E-state index in [1.807, 2.05) is 0 Å². The molecule has 0 saturated heterocycles. The summed E-state index contributed by atoms with van der Waals surface area (Å²) in [6.45, 7) is 0. The molecule has 0 radical (unpaired) electrons. The molecule has 6 nitrogen and oxygen atoms in total. The largest absolute Gasteiger partial charge is 0.396 e. The average molecular weight is 482 g/mol. The minimum Gasteiger partial charge on any atom is -0.396 e. The van der Waals surface area contributed by atoms with Crippen LogP contribution in [0.15, 0.2) is 40.2 Å². The van der Waals surface area contributed by atoms with E-state index in [-0.39, 0.29) is 17.3 Å². The van der Waals surface area contributed by atoms with Gasteiger partial charge in [-0.1, -0.05) is 27.5 Å². The van der Waals surface area contributed by atoms with Gasteiger partial charge in [0.05, 0.1) is 11.7 Å². The van der Waals surface area contributed by atoms with Crippen molar-refractivity contribution in [1.29, 1.82) is 0 Å². The van der Waals surface area contributed by atoms with Crippen LogP contribution in [0.4, 0.5) is 15.8 Å². The number of anilines is 2. The van der Waals surface area contributed by atoms with Crippen LogP contribution in [0.1, 0.15) is 38.0 Å². The van der Waals surface area contributed by atoms with Crippen LogP contribution in [0, 0.1) is 5.82 Å². The number of nitrogens with one attached hydrogen (secondary N) is 2. The van der Waals surface area contributed by atoms with Crippen molar-refractivity contribution < 1.29 is 14.0 Å². The highest BCUT2D eigenvalue weighted by Crippen LogP contribution is 2.41. The number of nitrogens with zero attached hydrogens (tertiary/aromatic N) is 1. The quantitative estimate of drug-likeness (QED) is 0.518. The van der Waals surface area contributed by atoms with Crippen molar-refractivity contribution >= 4 is 62.3 Å². The van der Waals surface area contributed by atoms with Crippen LogP contribution in [0.25, 0.3) is 0 Å². The first-order chi connectivity index (χ1) is 13.3. The molecule has 1 aliphatic heterocycles. The number of fused-ring (bicyclic) bond motifs is 1. The number of hydrogen-bond donors (Lipinski definition) is 3. The lowest BCUT2D eigenvalue weighted by molar-refractivity contribution is 0.0959. The molecule has 10 heteroatoms. The van der Waals surface area contributed by atoms with E-state index in [9.17, 15) is 14.0 Å². The van der Waals surface area contributed by atoms with Crippen LogP contribution in [0.2, 0.25) is 5.02 Å². The van der Waals surface area contributed by atoms with Crippen LogP contribution >= 0.6 is 39.1 Å². The van der Waals surface area contributed by atoms with Gasteiger partial charge in [-0.05, 0) is 41.9 Å². The summed E-state index contributed by atoms with van der Waals surface area (Å²) in [6, 6.07) is 6.48. The number of carbonyl (C=O) groups excluding carboxylic acids is 2. The lowest BCUT2D eigenvalue weighted by Crippen LogP contribution is -2.21. The normalized spacial score (nSPS) is 15.2. The fourth-order valence-electron chi connectivity index (χ4n) is 3.07. The Bertz CT molecular complexity index is 1140. The highest BCUT2D eigenvalue weighted by Gasteiger charge is 2.34. The molecule has 0 bridgehead atoms. The van der Waals surface area contributed by atoms with Crippen molar-refractivity contribution in [3.05, 3.63) is 73.4 Å². The summed E-state index contributed by atoms with van der Waals surface area (Å²) in [7, 11) is 0. The maximum absolute atomic E-state index is 13.8. The van der Waals surface area contributed by atoms with E-state index in [0.717, 1.165) is 11.5 Å². The van der Waals surface area contributed by atoms with Gasteiger partial charge in [0.1, 0.15) is 5.82 Å². The second-order valence-electron chi connectivity index (χ2n) is 6.06. The summed E-state index contributed by atoms with van der Waals surface area (Å²) < 4.78 is 18.4. The maximum atomic E-state index is 13.8. The number of aromatic nitrogens is 1. The molecule has 3 aromatic rings. The third kappa shape index (κ3) is 3.25. The smallest absolute Gasteiger partial charge is 0.277 e. The third-order valence-corrected chi connectivity index (χ3v) is 5.73. The standard InChI is InChI=1S/C18H11BrClFN4O2S/c19-7-3-10-14(13(4-7)23-18(27)16-12(22)6-28-25-16)15(24-17(10)26)9-5-8(21)1-2-11(9)20/h1-6,15H,22H2,(H,23,27)(H,24,26). The Hall–Kier alpha value is -2.49. The third-order valence-electron chi connectivity index (χ3n) is 4.28. The number of rotatable bonds is 3. The van der Waals surface area contributed by atoms with Gasteiger partial charge in [0.15, 0.2) is 5.69 Å². The van der Waals surface area contributed by atoms with Crippen molar-refractivity contribution in [1.82, 2.24) is 9.69 Å². The highest BCUT2D eigenvalue weighted by atomic mass is 79.9. The van der Waals surface area contributed by atoms with Crippen LogP contribution in [-0.2, 0) is 0 Å². The van der Waals surface area contributed by atoms with Gasteiger partial charge in [-0.2, -0.15) is 4.37 Å². The van der Waals surface area contributed by atoms with Gasteiger partial charge in [-0.3, -0.25) is 9.59 Å². The molecule has 0 saturated carbocycles. The topological polar surface area (TPSA) is 97.1 Å². The summed E-state index contributed by atoms with van der Waals surface area (Å²) in [5, 5.41) is 7.39. The molecule has 1 aliphatic rings. The van der Waals surface area contributed by atoms with E-state index >= 15 is 0 Å². The lowest BCUT2D eigenvalue weighted by atomic mass is 9.96. The van der Waals surface area contributed by atoms with E-state index in [2.05, 4.69) is 30.9 Å². The Morgan fingerprint density at radius 1 is 1.36 bits per heavy atom. The van der Waals surface area contributed by atoms with E-state index < -0.39 is 17.8 Å². The summed E-state index contributed by atoms with van der Waals surface area (Å²) in [5.41, 5.74) is 7.71. The molecular weight excluding hydrogens is 471 g/mol. The minimum atomic E-state index is -0.720. The van der Waals surface area contributed by atoms with E-state index in [4.69, 9.17) is 17.3 Å². The van der Waals surface area contributed by atoms with E-state index in [1.54, 1.807) is 17.5 Å². The molecule has 0 aliphatic carbocycles. The fourth-order valence-corrected chi connectivity index (χ4v) is 4.32.